The highest BCUT2D eigenvalue weighted by atomic mass is 79.9. The van der Waals surface area contributed by atoms with Gasteiger partial charge in [0.25, 0.3) is 5.91 Å². The van der Waals surface area contributed by atoms with Crippen LogP contribution in [-0.4, -0.2) is 40.5 Å². The van der Waals surface area contributed by atoms with Gasteiger partial charge in [0.15, 0.2) is 5.82 Å². The third-order valence-corrected chi connectivity index (χ3v) is 7.61. The molecule has 0 fully saturated rings. The summed E-state index contributed by atoms with van der Waals surface area (Å²) in [6.45, 7) is 0. The van der Waals surface area contributed by atoms with E-state index in [1.807, 2.05) is 30.3 Å². The van der Waals surface area contributed by atoms with Gasteiger partial charge in [-0.25, -0.2) is 9.18 Å². The van der Waals surface area contributed by atoms with Crippen LogP contribution in [0.15, 0.2) is 71.2 Å². The van der Waals surface area contributed by atoms with Crippen molar-refractivity contribution in [2.24, 2.45) is 0 Å². The Bertz CT molecular complexity index is 1540. The number of carbonyl (C=O) groups excluding carboxylic acids is 1. The first kappa shape index (κ1) is 28.8. The molecule has 3 aromatic carbocycles. The quantitative estimate of drug-likeness (QED) is 0.229. The van der Waals surface area contributed by atoms with Gasteiger partial charge in [0, 0.05) is 17.9 Å². The molecule has 202 valence electrons. The van der Waals surface area contributed by atoms with Crippen molar-refractivity contribution in [1.82, 2.24) is 14.1 Å². The van der Waals surface area contributed by atoms with Gasteiger partial charge in [-0.3, -0.25) is 13.3 Å². The van der Waals surface area contributed by atoms with Crippen molar-refractivity contribution in [3.63, 3.8) is 0 Å². The molecule has 2 unspecified atom stereocenters. The second-order valence-corrected chi connectivity index (χ2v) is 10.8. The summed E-state index contributed by atoms with van der Waals surface area (Å²) in [4.78, 5) is 25.3. The molecule has 0 aliphatic heterocycles. The normalized spacial score (nSPS) is 12.5. The molecule has 1 aromatic heterocycles. The van der Waals surface area contributed by atoms with Crippen molar-refractivity contribution in [3.8, 4) is 0 Å². The first-order valence-electron chi connectivity index (χ1n) is 11.2. The Kier molecular flexibility index (Phi) is 9.40. The van der Waals surface area contributed by atoms with Gasteiger partial charge < -0.3 is 15.0 Å². The fourth-order valence-corrected chi connectivity index (χ4v) is 5.52. The number of rotatable bonds is 10. The molecule has 14 heteroatoms. The largest absolute Gasteiger partial charge is 0.755 e. The van der Waals surface area contributed by atoms with Crippen LogP contribution in [0, 0.1) is 5.82 Å². The molecular formula is C25H18BrClFN4O5S2-. The van der Waals surface area contributed by atoms with Gasteiger partial charge >= 0.3 is 5.97 Å². The maximum Gasteiger partial charge on any atom is 0.326 e. The number of nitrogens with zero attached hydrogens (tertiary/aromatic N) is 3. The number of nitrogens with one attached hydrogen (secondary N) is 1. The van der Waals surface area contributed by atoms with E-state index in [9.17, 15) is 27.8 Å². The van der Waals surface area contributed by atoms with E-state index < -0.39 is 35.0 Å². The molecule has 0 aliphatic carbocycles. The van der Waals surface area contributed by atoms with E-state index in [-0.39, 0.29) is 39.4 Å². The van der Waals surface area contributed by atoms with E-state index in [0.29, 0.717) is 11.3 Å². The number of carbonyl (C=O) groups is 2. The minimum Gasteiger partial charge on any atom is -0.755 e. The molecule has 2 atom stereocenters. The Balaban J connectivity index is 1.67. The van der Waals surface area contributed by atoms with E-state index in [1.54, 1.807) is 0 Å². The molecule has 0 bridgehead atoms. The Labute approximate surface area is 242 Å². The van der Waals surface area contributed by atoms with Gasteiger partial charge in [0.1, 0.15) is 17.6 Å². The van der Waals surface area contributed by atoms with E-state index >= 15 is 0 Å². The fourth-order valence-electron chi connectivity index (χ4n) is 3.72. The number of hydrogen-bond acceptors (Lipinski definition) is 7. The number of amides is 1. The highest BCUT2D eigenvalue weighted by molar-refractivity contribution is 9.10. The Morgan fingerprint density at radius 1 is 1.13 bits per heavy atom. The van der Waals surface area contributed by atoms with E-state index in [4.69, 9.17) is 11.6 Å². The van der Waals surface area contributed by atoms with Gasteiger partial charge in [0.2, 0.25) is 0 Å². The molecular weight excluding hydrogens is 635 g/mol. The van der Waals surface area contributed by atoms with Crippen molar-refractivity contribution >= 4 is 73.9 Å². The van der Waals surface area contributed by atoms with Gasteiger partial charge in [-0.1, -0.05) is 48.0 Å². The Morgan fingerprint density at radius 2 is 1.87 bits per heavy atom. The molecule has 0 radical (unpaired) electrons. The predicted molar refractivity (Wildman–Crippen MR) is 148 cm³/mol. The highest BCUT2D eigenvalue weighted by Gasteiger charge is 2.27. The third-order valence-electron chi connectivity index (χ3n) is 5.54. The lowest BCUT2D eigenvalue weighted by atomic mass is 10.0. The smallest absolute Gasteiger partial charge is 0.326 e. The summed E-state index contributed by atoms with van der Waals surface area (Å²) in [6, 6.07) is 15.7. The molecule has 9 nitrogen and oxygen atoms in total. The van der Waals surface area contributed by atoms with Gasteiger partial charge in [0.05, 0.1) is 38.7 Å². The van der Waals surface area contributed by atoms with Crippen molar-refractivity contribution in [2.45, 2.75) is 18.9 Å². The lowest BCUT2D eigenvalue weighted by Gasteiger charge is -2.27. The standard InChI is InChI=1S/C25H19BrClFN4O5S2/c26-18-10-15(6-9-19(18)28)12-21(25(34)35)29-24(33)17-8-7-16(27)13-22(17)32(39(36)37)23-20(30-38-31-23)11-14-4-2-1-3-5-14/h1-10,13,21H,11-12H2,(H,29,33)(H,34,35)(H,36,37)/p-1. The first-order valence-corrected chi connectivity index (χ1v) is 14.1. The average molecular weight is 653 g/mol. The zero-order valence-corrected chi connectivity index (χ0v) is 23.7. The topological polar surface area (TPSA) is 136 Å². The monoisotopic (exact) mass is 651 g/mol. The van der Waals surface area contributed by atoms with Crippen LogP contribution in [0.25, 0.3) is 0 Å². The third kappa shape index (κ3) is 7.05. The van der Waals surface area contributed by atoms with Crippen molar-refractivity contribution in [2.75, 3.05) is 4.31 Å². The fraction of sp³-hybridized carbons (Fsp3) is 0.120. The predicted octanol–water partition coefficient (Wildman–Crippen LogP) is 5.04. The lowest BCUT2D eigenvalue weighted by molar-refractivity contribution is -0.139. The second-order valence-electron chi connectivity index (χ2n) is 8.19. The summed E-state index contributed by atoms with van der Waals surface area (Å²) in [5, 5.41) is 12.3. The summed E-state index contributed by atoms with van der Waals surface area (Å²) in [7, 11) is 0. The van der Waals surface area contributed by atoms with Crippen LogP contribution in [0.4, 0.5) is 15.9 Å². The Morgan fingerprint density at radius 3 is 2.54 bits per heavy atom. The van der Waals surface area contributed by atoms with Crippen LogP contribution >= 0.6 is 39.3 Å². The van der Waals surface area contributed by atoms with E-state index in [0.717, 1.165) is 21.6 Å². The highest BCUT2D eigenvalue weighted by Crippen LogP contribution is 2.34. The Hall–Kier alpha value is -3.23. The minimum atomic E-state index is -2.95. The molecule has 1 amide bonds. The average Bonchev–Trinajstić information content (AvgIpc) is 3.33. The molecule has 2 N–H and O–H groups in total. The molecule has 0 aliphatic rings. The summed E-state index contributed by atoms with van der Waals surface area (Å²) >= 11 is 7.08. The van der Waals surface area contributed by atoms with Crippen LogP contribution in [0.3, 0.4) is 0 Å². The number of halogens is 3. The molecule has 0 spiro atoms. The zero-order chi connectivity index (χ0) is 28.1. The molecule has 1 heterocycles. The number of aliphatic carboxylic acids is 1. The number of carboxylic acids is 1. The van der Waals surface area contributed by atoms with Gasteiger partial charge in [-0.2, -0.15) is 8.75 Å². The summed E-state index contributed by atoms with van der Waals surface area (Å²) < 4.78 is 47.9. The maximum absolute atomic E-state index is 13.6. The van der Waals surface area contributed by atoms with Gasteiger partial charge in [-0.15, -0.1) is 0 Å². The summed E-state index contributed by atoms with van der Waals surface area (Å²) in [5.41, 5.74) is 1.38. The van der Waals surface area contributed by atoms with Crippen LogP contribution < -0.4 is 9.62 Å². The lowest BCUT2D eigenvalue weighted by Crippen LogP contribution is -2.42. The maximum atomic E-state index is 13.6. The number of carboxylic acid groups (broad SMARTS) is 1. The number of anilines is 2. The molecule has 0 saturated carbocycles. The van der Waals surface area contributed by atoms with Crippen molar-refractivity contribution in [3.05, 3.63) is 104 Å². The number of benzene rings is 3. The molecule has 4 aromatic rings. The molecule has 0 saturated heterocycles. The minimum absolute atomic E-state index is 0.0144. The number of hydrogen-bond donors (Lipinski definition) is 2. The van der Waals surface area contributed by atoms with Crippen LogP contribution in [0.2, 0.25) is 5.02 Å². The van der Waals surface area contributed by atoms with E-state index in [2.05, 4.69) is 30.0 Å². The SMILES string of the molecule is O=C(NC(Cc1ccc(F)c(Br)c1)C(=O)O)c1ccc(Cl)cc1N(c1nsnc1Cc1ccccc1)S(=O)[O-]. The van der Waals surface area contributed by atoms with Gasteiger partial charge in [-0.05, 0) is 57.4 Å². The number of aromatic nitrogens is 2. The van der Waals surface area contributed by atoms with Crippen molar-refractivity contribution in [1.29, 1.82) is 0 Å². The van der Waals surface area contributed by atoms with Crippen LogP contribution in [0.5, 0.6) is 0 Å². The first-order chi connectivity index (χ1) is 18.6. The summed E-state index contributed by atoms with van der Waals surface area (Å²) in [5.74, 6) is -2.73. The zero-order valence-electron chi connectivity index (χ0n) is 19.7. The molecule has 39 heavy (non-hydrogen) atoms. The van der Waals surface area contributed by atoms with Crippen LogP contribution in [0.1, 0.15) is 27.2 Å². The second kappa shape index (κ2) is 12.7. The van der Waals surface area contributed by atoms with E-state index in [1.165, 1.54) is 36.4 Å². The van der Waals surface area contributed by atoms with Crippen LogP contribution in [-0.2, 0) is 28.9 Å². The molecule has 4 rings (SSSR count). The summed E-state index contributed by atoms with van der Waals surface area (Å²) in [6.07, 6.45) is 0.119. The van der Waals surface area contributed by atoms with Crippen molar-refractivity contribution < 1.29 is 27.8 Å².